The van der Waals surface area contributed by atoms with E-state index in [0.29, 0.717) is 17.8 Å². The minimum absolute atomic E-state index is 0. The first-order valence-electron chi connectivity index (χ1n) is 8.06. The van der Waals surface area contributed by atoms with Crippen molar-refractivity contribution in [3.05, 3.63) is 46.7 Å². The number of carbonyl (C=O) groups is 1. The van der Waals surface area contributed by atoms with Crippen LogP contribution in [0.15, 0.2) is 41.0 Å². The number of amides is 1. The first kappa shape index (κ1) is 17.5. The van der Waals surface area contributed by atoms with Crippen molar-refractivity contribution in [1.29, 1.82) is 0 Å². The average Bonchev–Trinajstić information content (AvgIpc) is 3.14. The summed E-state index contributed by atoms with van der Waals surface area (Å²) in [6.07, 6.45) is 6.33. The molecule has 24 heavy (non-hydrogen) atoms. The van der Waals surface area contributed by atoms with E-state index in [1.807, 2.05) is 30.5 Å². The summed E-state index contributed by atoms with van der Waals surface area (Å²) in [5, 5.41) is 11.1. The van der Waals surface area contributed by atoms with Crippen LogP contribution in [0, 0.1) is 0 Å². The Bertz CT molecular complexity index is 723. The van der Waals surface area contributed by atoms with Gasteiger partial charge < -0.3 is 10.6 Å². The van der Waals surface area contributed by atoms with Crippen LogP contribution in [0.3, 0.4) is 0 Å². The predicted octanol–water partition coefficient (Wildman–Crippen LogP) is 3.07. The van der Waals surface area contributed by atoms with Gasteiger partial charge in [-0.15, -0.1) is 12.4 Å². The SMILES string of the molecule is Cl.O=C(NC1CC2CCC(C1)N2)c1ccn(-c2cccc(Br)c2)n1. The molecule has 0 radical (unpaired) electrons. The van der Waals surface area contributed by atoms with E-state index in [-0.39, 0.29) is 24.4 Å². The van der Waals surface area contributed by atoms with Gasteiger partial charge in [0.1, 0.15) is 0 Å². The Morgan fingerprint density at radius 2 is 2.00 bits per heavy atom. The molecule has 2 fully saturated rings. The van der Waals surface area contributed by atoms with Crippen LogP contribution in [-0.2, 0) is 0 Å². The maximum atomic E-state index is 12.4. The number of rotatable bonds is 3. The molecule has 2 aliphatic rings. The van der Waals surface area contributed by atoms with Gasteiger partial charge in [-0.25, -0.2) is 4.68 Å². The second kappa shape index (κ2) is 7.25. The van der Waals surface area contributed by atoms with Crippen LogP contribution in [0.25, 0.3) is 5.69 Å². The topological polar surface area (TPSA) is 59.0 Å². The standard InChI is InChI=1S/C17H19BrN4O.ClH/c18-11-2-1-3-15(8-11)22-7-6-16(21-22)17(23)20-14-9-12-4-5-13(10-14)19-12;/h1-3,6-8,12-14,19H,4-5,9-10H2,(H,20,23);1H. The highest BCUT2D eigenvalue weighted by molar-refractivity contribution is 9.10. The van der Waals surface area contributed by atoms with Gasteiger partial charge in [0.2, 0.25) is 0 Å². The number of nitrogens with zero attached hydrogens (tertiary/aromatic N) is 2. The lowest BCUT2D eigenvalue weighted by Gasteiger charge is -2.29. The lowest BCUT2D eigenvalue weighted by molar-refractivity contribution is 0.0918. The molecule has 7 heteroatoms. The fourth-order valence-electron chi connectivity index (χ4n) is 3.64. The van der Waals surface area contributed by atoms with Gasteiger partial charge in [0, 0.05) is 28.8 Å². The molecule has 2 aromatic rings. The van der Waals surface area contributed by atoms with E-state index in [9.17, 15) is 4.79 Å². The molecule has 0 spiro atoms. The quantitative estimate of drug-likeness (QED) is 0.816. The highest BCUT2D eigenvalue weighted by Gasteiger charge is 2.34. The molecule has 0 saturated carbocycles. The Balaban J connectivity index is 0.00000169. The number of benzene rings is 1. The number of hydrogen-bond acceptors (Lipinski definition) is 3. The Hall–Kier alpha value is -1.37. The molecule has 1 aromatic carbocycles. The van der Waals surface area contributed by atoms with Crippen LogP contribution in [-0.4, -0.2) is 33.8 Å². The molecule has 2 unspecified atom stereocenters. The molecule has 3 heterocycles. The van der Waals surface area contributed by atoms with Gasteiger partial charge in [0.25, 0.3) is 5.91 Å². The van der Waals surface area contributed by atoms with Gasteiger partial charge in [0.15, 0.2) is 5.69 Å². The van der Waals surface area contributed by atoms with E-state index >= 15 is 0 Å². The third-order valence-electron chi connectivity index (χ3n) is 4.70. The third-order valence-corrected chi connectivity index (χ3v) is 5.20. The van der Waals surface area contributed by atoms with Crippen molar-refractivity contribution in [3.8, 4) is 5.69 Å². The summed E-state index contributed by atoms with van der Waals surface area (Å²) >= 11 is 3.45. The van der Waals surface area contributed by atoms with Gasteiger partial charge in [-0.1, -0.05) is 22.0 Å². The van der Waals surface area contributed by atoms with E-state index in [0.717, 1.165) is 23.0 Å². The molecule has 2 aliphatic heterocycles. The number of halogens is 2. The Morgan fingerprint density at radius 3 is 2.71 bits per heavy atom. The second-order valence-corrected chi connectivity index (χ2v) is 7.32. The number of piperidine rings is 1. The van der Waals surface area contributed by atoms with Crippen molar-refractivity contribution in [2.75, 3.05) is 0 Å². The Labute approximate surface area is 155 Å². The van der Waals surface area contributed by atoms with Crippen LogP contribution in [0.1, 0.15) is 36.2 Å². The Morgan fingerprint density at radius 1 is 1.25 bits per heavy atom. The summed E-state index contributed by atoms with van der Waals surface area (Å²) in [6, 6.07) is 11.0. The molecular weight excluding hydrogens is 392 g/mol. The molecule has 5 nitrogen and oxygen atoms in total. The summed E-state index contributed by atoms with van der Waals surface area (Å²) in [6.45, 7) is 0. The number of nitrogens with one attached hydrogen (secondary N) is 2. The minimum Gasteiger partial charge on any atom is -0.348 e. The fraction of sp³-hybridized carbons (Fsp3) is 0.412. The molecule has 2 saturated heterocycles. The van der Waals surface area contributed by atoms with Gasteiger partial charge >= 0.3 is 0 Å². The largest absolute Gasteiger partial charge is 0.348 e. The highest BCUT2D eigenvalue weighted by Crippen LogP contribution is 2.26. The maximum absolute atomic E-state index is 12.4. The summed E-state index contributed by atoms with van der Waals surface area (Å²) < 4.78 is 2.72. The fourth-order valence-corrected chi connectivity index (χ4v) is 4.03. The summed E-state index contributed by atoms with van der Waals surface area (Å²) in [5.74, 6) is -0.0787. The third kappa shape index (κ3) is 3.66. The van der Waals surface area contributed by atoms with Crippen LogP contribution >= 0.6 is 28.3 Å². The molecule has 4 rings (SSSR count). The number of aromatic nitrogens is 2. The first-order chi connectivity index (χ1) is 11.2. The van der Waals surface area contributed by atoms with Gasteiger partial charge in [0.05, 0.1) is 5.69 Å². The molecule has 2 bridgehead atoms. The zero-order valence-electron chi connectivity index (χ0n) is 13.1. The zero-order chi connectivity index (χ0) is 15.8. The number of hydrogen-bond donors (Lipinski definition) is 2. The molecule has 2 N–H and O–H groups in total. The van der Waals surface area contributed by atoms with Crippen molar-refractivity contribution in [2.45, 2.75) is 43.8 Å². The van der Waals surface area contributed by atoms with E-state index in [2.05, 4.69) is 31.7 Å². The minimum atomic E-state index is -0.0787. The van der Waals surface area contributed by atoms with Crippen molar-refractivity contribution in [1.82, 2.24) is 20.4 Å². The summed E-state index contributed by atoms with van der Waals surface area (Å²) in [7, 11) is 0. The summed E-state index contributed by atoms with van der Waals surface area (Å²) in [5.41, 5.74) is 1.40. The van der Waals surface area contributed by atoms with Gasteiger partial charge in [-0.3, -0.25) is 4.79 Å². The molecule has 0 aliphatic carbocycles. The lowest BCUT2D eigenvalue weighted by atomic mass is 10.00. The predicted molar refractivity (Wildman–Crippen MR) is 98.9 cm³/mol. The van der Waals surface area contributed by atoms with Crippen molar-refractivity contribution in [2.24, 2.45) is 0 Å². The van der Waals surface area contributed by atoms with E-state index in [1.165, 1.54) is 12.8 Å². The van der Waals surface area contributed by atoms with Crippen molar-refractivity contribution in [3.63, 3.8) is 0 Å². The molecule has 128 valence electrons. The van der Waals surface area contributed by atoms with Gasteiger partial charge in [-0.05, 0) is 49.9 Å². The highest BCUT2D eigenvalue weighted by atomic mass is 79.9. The van der Waals surface area contributed by atoms with Crippen LogP contribution in [0.5, 0.6) is 0 Å². The van der Waals surface area contributed by atoms with Crippen LogP contribution in [0.4, 0.5) is 0 Å². The van der Waals surface area contributed by atoms with Crippen LogP contribution in [0.2, 0.25) is 0 Å². The van der Waals surface area contributed by atoms with Crippen molar-refractivity contribution < 1.29 is 4.79 Å². The van der Waals surface area contributed by atoms with E-state index in [4.69, 9.17) is 0 Å². The van der Waals surface area contributed by atoms with E-state index < -0.39 is 0 Å². The van der Waals surface area contributed by atoms with Crippen molar-refractivity contribution >= 4 is 34.2 Å². The Kier molecular flexibility index (Phi) is 5.27. The average molecular weight is 412 g/mol. The lowest BCUT2D eigenvalue weighted by Crippen LogP contribution is -2.48. The monoisotopic (exact) mass is 410 g/mol. The number of fused-ring (bicyclic) bond motifs is 2. The zero-order valence-corrected chi connectivity index (χ0v) is 15.5. The molecular formula is C17H20BrClN4O. The molecule has 1 aromatic heterocycles. The second-order valence-electron chi connectivity index (χ2n) is 6.41. The van der Waals surface area contributed by atoms with E-state index in [1.54, 1.807) is 10.7 Å². The molecule has 2 atom stereocenters. The molecule has 1 amide bonds. The number of carbonyl (C=O) groups excluding carboxylic acids is 1. The maximum Gasteiger partial charge on any atom is 0.272 e. The summed E-state index contributed by atoms with van der Waals surface area (Å²) in [4.78, 5) is 12.4. The smallest absolute Gasteiger partial charge is 0.272 e. The van der Waals surface area contributed by atoms with Gasteiger partial charge in [-0.2, -0.15) is 5.10 Å². The first-order valence-corrected chi connectivity index (χ1v) is 8.85. The normalized spacial score (nSPS) is 25.1. The van der Waals surface area contributed by atoms with Crippen LogP contribution < -0.4 is 10.6 Å².